The van der Waals surface area contributed by atoms with Crippen LogP contribution < -0.4 is 0 Å². The summed E-state index contributed by atoms with van der Waals surface area (Å²) in [6.07, 6.45) is 0.819. The first kappa shape index (κ1) is 13.4. The first-order valence-electron chi connectivity index (χ1n) is 5.46. The molecule has 1 atom stereocenters. The number of nitro groups is 1. The molecule has 0 bridgehead atoms. The average molecular weight is 280 g/mol. The number of nitrogens with zero attached hydrogens (tertiary/aromatic N) is 3. The van der Waals surface area contributed by atoms with E-state index in [1.54, 1.807) is 12.1 Å². The van der Waals surface area contributed by atoms with Crippen LogP contribution in [0.2, 0.25) is 5.28 Å². The van der Waals surface area contributed by atoms with Crippen LogP contribution in [0.1, 0.15) is 17.4 Å². The molecule has 1 heterocycles. The van der Waals surface area contributed by atoms with Crippen LogP contribution in [0.4, 0.5) is 5.69 Å². The lowest BCUT2D eigenvalue weighted by Crippen LogP contribution is -2.04. The van der Waals surface area contributed by atoms with Gasteiger partial charge in [-0.15, -0.1) is 0 Å². The van der Waals surface area contributed by atoms with Crippen molar-refractivity contribution in [3.63, 3.8) is 0 Å². The number of hydrogen-bond donors (Lipinski definition) is 1. The van der Waals surface area contributed by atoms with E-state index < -0.39 is 11.0 Å². The first-order chi connectivity index (χ1) is 9.06. The molecule has 6 nitrogen and oxygen atoms in total. The third-order valence-electron chi connectivity index (χ3n) is 2.55. The SMILES string of the molecule is O=[N+]([O-])c1cccc(C(O)Cc2ccnc(Cl)n2)c1. The first-order valence-corrected chi connectivity index (χ1v) is 5.84. The smallest absolute Gasteiger partial charge is 0.269 e. The van der Waals surface area contributed by atoms with Crippen LogP contribution >= 0.6 is 11.6 Å². The molecule has 0 saturated carbocycles. The molecule has 0 aliphatic carbocycles. The summed E-state index contributed by atoms with van der Waals surface area (Å²) in [4.78, 5) is 17.9. The molecule has 7 heteroatoms. The van der Waals surface area contributed by atoms with E-state index >= 15 is 0 Å². The van der Waals surface area contributed by atoms with E-state index in [9.17, 15) is 15.2 Å². The van der Waals surface area contributed by atoms with Crippen molar-refractivity contribution in [1.82, 2.24) is 9.97 Å². The fourth-order valence-corrected chi connectivity index (χ4v) is 1.81. The minimum absolute atomic E-state index is 0.0581. The Morgan fingerprint density at radius 3 is 2.89 bits per heavy atom. The van der Waals surface area contributed by atoms with Gasteiger partial charge in [0, 0.05) is 30.4 Å². The Hall–Kier alpha value is -2.05. The minimum atomic E-state index is -0.883. The Bertz CT molecular complexity index is 606. The Balaban J connectivity index is 2.18. The van der Waals surface area contributed by atoms with Crippen molar-refractivity contribution < 1.29 is 10.0 Å². The van der Waals surface area contributed by atoms with Gasteiger partial charge in [0.1, 0.15) is 0 Å². The summed E-state index contributed by atoms with van der Waals surface area (Å²) in [6.45, 7) is 0. The Morgan fingerprint density at radius 1 is 1.42 bits per heavy atom. The summed E-state index contributed by atoms with van der Waals surface area (Å²) >= 11 is 5.65. The van der Waals surface area contributed by atoms with Crippen molar-refractivity contribution in [3.05, 3.63) is 63.2 Å². The molecule has 98 valence electrons. The fourth-order valence-electron chi connectivity index (χ4n) is 1.64. The third kappa shape index (κ3) is 3.46. The van der Waals surface area contributed by atoms with Gasteiger partial charge in [-0.2, -0.15) is 0 Å². The molecule has 19 heavy (non-hydrogen) atoms. The van der Waals surface area contributed by atoms with Gasteiger partial charge in [-0.05, 0) is 23.2 Å². The molecule has 0 radical (unpaired) electrons. The standard InChI is InChI=1S/C12H10ClN3O3/c13-12-14-5-4-9(15-12)7-11(17)8-2-1-3-10(6-8)16(18)19/h1-6,11,17H,7H2. The van der Waals surface area contributed by atoms with Crippen molar-refractivity contribution in [2.24, 2.45) is 0 Å². The van der Waals surface area contributed by atoms with E-state index in [0.717, 1.165) is 0 Å². The van der Waals surface area contributed by atoms with Gasteiger partial charge >= 0.3 is 0 Å². The Kier molecular flexibility index (Phi) is 4.03. The van der Waals surface area contributed by atoms with Crippen molar-refractivity contribution in [2.45, 2.75) is 12.5 Å². The van der Waals surface area contributed by atoms with Gasteiger partial charge < -0.3 is 5.11 Å². The number of aromatic nitrogens is 2. The summed E-state index contributed by atoms with van der Waals surface area (Å²) in [7, 11) is 0. The van der Waals surface area contributed by atoms with E-state index in [-0.39, 0.29) is 17.4 Å². The lowest BCUT2D eigenvalue weighted by molar-refractivity contribution is -0.385. The number of nitro benzene ring substituents is 1. The second-order valence-corrected chi connectivity index (χ2v) is 4.23. The predicted octanol–water partition coefficient (Wildman–Crippen LogP) is 2.31. The van der Waals surface area contributed by atoms with E-state index in [2.05, 4.69) is 9.97 Å². The molecule has 2 rings (SSSR count). The van der Waals surface area contributed by atoms with Gasteiger partial charge in [0.05, 0.1) is 11.0 Å². The van der Waals surface area contributed by atoms with Gasteiger partial charge in [0.2, 0.25) is 5.28 Å². The normalized spacial score (nSPS) is 12.1. The van der Waals surface area contributed by atoms with E-state index in [1.807, 2.05) is 0 Å². The Morgan fingerprint density at radius 2 is 2.21 bits per heavy atom. The van der Waals surface area contributed by atoms with Crippen molar-refractivity contribution >= 4 is 17.3 Å². The van der Waals surface area contributed by atoms with Gasteiger partial charge in [-0.25, -0.2) is 9.97 Å². The largest absolute Gasteiger partial charge is 0.388 e. The van der Waals surface area contributed by atoms with Crippen LogP contribution in [0.15, 0.2) is 36.5 Å². The zero-order valence-electron chi connectivity index (χ0n) is 9.73. The molecule has 0 fully saturated rings. The van der Waals surface area contributed by atoms with E-state index in [4.69, 9.17) is 11.6 Å². The van der Waals surface area contributed by atoms with Crippen LogP contribution in [-0.4, -0.2) is 20.0 Å². The number of aliphatic hydroxyl groups excluding tert-OH is 1. The molecule has 1 aromatic carbocycles. The second-order valence-electron chi connectivity index (χ2n) is 3.89. The highest BCUT2D eigenvalue weighted by Gasteiger charge is 2.13. The number of rotatable bonds is 4. The summed E-state index contributed by atoms with van der Waals surface area (Å²) in [5, 5.41) is 20.8. The van der Waals surface area contributed by atoms with Crippen LogP contribution in [-0.2, 0) is 6.42 Å². The molecule has 1 N–H and O–H groups in total. The lowest BCUT2D eigenvalue weighted by Gasteiger charge is -2.10. The summed E-state index contributed by atoms with van der Waals surface area (Å²) in [5.74, 6) is 0. The van der Waals surface area contributed by atoms with Crippen molar-refractivity contribution in [2.75, 3.05) is 0 Å². The highest BCUT2D eigenvalue weighted by Crippen LogP contribution is 2.21. The maximum absolute atomic E-state index is 10.7. The van der Waals surface area contributed by atoms with Gasteiger partial charge in [-0.3, -0.25) is 10.1 Å². The van der Waals surface area contributed by atoms with Crippen LogP contribution in [0.25, 0.3) is 0 Å². The topological polar surface area (TPSA) is 89.2 Å². The van der Waals surface area contributed by atoms with Crippen molar-refractivity contribution in [1.29, 1.82) is 0 Å². The molecule has 0 aliphatic rings. The average Bonchev–Trinajstić information content (AvgIpc) is 2.39. The monoisotopic (exact) mass is 279 g/mol. The fraction of sp³-hybridized carbons (Fsp3) is 0.167. The second kappa shape index (κ2) is 5.73. The molecule has 0 spiro atoms. The molecule has 1 aromatic heterocycles. The quantitative estimate of drug-likeness (QED) is 0.527. The highest BCUT2D eigenvalue weighted by atomic mass is 35.5. The molecule has 0 amide bonds. The maximum atomic E-state index is 10.7. The number of benzene rings is 1. The van der Waals surface area contributed by atoms with Gasteiger partial charge in [0.25, 0.3) is 5.69 Å². The van der Waals surface area contributed by atoms with Crippen molar-refractivity contribution in [3.8, 4) is 0 Å². The number of halogens is 1. The molecule has 2 aromatic rings. The predicted molar refractivity (Wildman–Crippen MR) is 68.8 cm³/mol. The summed E-state index contributed by atoms with van der Waals surface area (Å²) < 4.78 is 0. The minimum Gasteiger partial charge on any atom is -0.388 e. The lowest BCUT2D eigenvalue weighted by atomic mass is 10.0. The van der Waals surface area contributed by atoms with Crippen LogP contribution in [0, 0.1) is 10.1 Å². The summed E-state index contributed by atoms with van der Waals surface area (Å²) in [5.41, 5.74) is 0.972. The highest BCUT2D eigenvalue weighted by molar-refractivity contribution is 6.28. The number of hydrogen-bond acceptors (Lipinski definition) is 5. The number of non-ortho nitro benzene ring substituents is 1. The van der Waals surface area contributed by atoms with E-state index in [1.165, 1.54) is 24.4 Å². The molecule has 0 aliphatic heterocycles. The molecule has 0 saturated heterocycles. The van der Waals surface area contributed by atoms with Crippen LogP contribution in [0.5, 0.6) is 0 Å². The molecular weight excluding hydrogens is 270 g/mol. The molecular formula is C12H10ClN3O3. The summed E-state index contributed by atoms with van der Waals surface area (Å²) in [6, 6.07) is 7.50. The van der Waals surface area contributed by atoms with Crippen LogP contribution in [0.3, 0.4) is 0 Å². The number of aliphatic hydroxyl groups is 1. The third-order valence-corrected chi connectivity index (χ3v) is 2.73. The Labute approximate surface area is 113 Å². The van der Waals surface area contributed by atoms with E-state index in [0.29, 0.717) is 11.3 Å². The van der Waals surface area contributed by atoms with Gasteiger partial charge in [-0.1, -0.05) is 12.1 Å². The van der Waals surface area contributed by atoms with Gasteiger partial charge in [0.15, 0.2) is 0 Å². The zero-order chi connectivity index (χ0) is 13.8. The molecule has 1 unspecified atom stereocenters. The maximum Gasteiger partial charge on any atom is 0.269 e. The zero-order valence-corrected chi connectivity index (χ0v) is 10.5.